The zero-order chi connectivity index (χ0) is 38.3. The molecule has 3 N–H and O–H groups in total. The fraction of sp³-hybridized carbons (Fsp3) is 0.282. The van der Waals surface area contributed by atoms with Crippen molar-refractivity contribution in [3.8, 4) is 17.0 Å². The van der Waals surface area contributed by atoms with Gasteiger partial charge < -0.3 is 20.5 Å². The highest BCUT2D eigenvalue weighted by Crippen LogP contribution is 2.31. The molecule has 1 heterocycles. The summed E-state index contributed by atoms with van der Waals surface area (Å²) in [4.78, 5) is 18.0. The normalized spacial score (nSPS) is 12.9. The number of amides is 1. The van der Waals surface area contributed by atoms with E-state index in [1.54, 1.807) is 42.5 Å². The van der Waals surface area contributed by atoms with E-state index in [0.29, 0.717) is 26.6 Å². The molecule has 4 aromatic carbocycles. The summed E-state index contributed by atoms with van der Waals surface area (Å²) in [5, 5.41) is 21.2. The van der Waals surface area contributed by atoms with E-state index in [4.69, 9.17) is 27.9 Å². The Labute approximate surface area is 333 Å². The minimum Gasteiger partial charge on any atom is -0.483 e. The molecule has 0 bridgehead atoms. The Morgan fingerprint density at radius 2 is 1.64 bits per heavy atom. The lowest BCUT2D eigenvalue weighted by Gasteiger charge is -2.31. The molecule has 0 fully saturated rings. The molecule has 0 saturated carbocycles. The number of anilines is 2. The highest BCUT2D eigenvalue weighted by Gasteiger charge is 2.31. The van der Waals surface area contributed by atoms with Crippen LogP contribution in [0.1, 0.15) is 30.5 Å². The van der Waals surface area contributed by atoms with Crippen molar-refractivity contribution in [1.82, 2.24) is 14.6 Å². The number of rotatable bonds is 16. The van der Waals surface area contributed by atoms with E-state index in [1.165, 1.54) is 15.6 Å². The van der Waals surface area contributed by atoms with Crippen LogP contribution in [-0.2, 0) is 21.2 Å². The van der Waals surface area contributed by atoms with E-state index < -0.39 is 28.1 Å². The molecular weight excluding hydrogens is 819 g/mol. The summed E-state index contributed by atoms with van der Waals surface area (Å²) in [6, 6.07) is 24.2. The maximum absolute atomic E-state index is 14.1. The summed E-state index contributed by atoms with van der Waals surface area (Å²) < 4.78 is 36.3. The van der Waals surface area contributed by atoms with Gasteiger partial charge in [-0.25, -0.2) is 13.4 Å². The van der Waals surface area contributed by atoms with E-state index >= 15 is 0 Å². The largest absolute Gasteiger partial charge is 0.483 e. The van der Waals surface area contributed by atoms with Gasteiger partial charge in [-0.1, -0.05) is 95.4 Å². The lowest BCUT2D eigenvalue weighted by molar-refractivity contribution is -0.124. The summed E-state index contributed by atoms with van der Waals surface area (Å²) >= 11 is 17.0. The number of nitrogens with one attached hydrogen (secondary N) is 2. The third kappa shape index (κ3) is 11.0. The predicted molar refractivity (Wildman–Crippen MR) is 218 cm³/mol. The second-order valence-corrected chi connectivity index (χ2v) is 17.6. The van der Waals surface area contributed by atoms with Crippen LogP contribution < -0.4 is 15.4 Å². The number of aromatic nitrogens is 1. The Morgan fingerprint density at radius 3 is 2.28 bits per heavy atom. The number of thiazole rings is 1. The summed E-state index contributed by atoms with van der Waals surface area (Å²) in [6.07, 6.45) is -0.955. The average Bonchev–Trinajstić information content (AvgIpc) is 3.57. The number of hydrogen-bond acceptors (Lipinski definition) is 8. The molecule has 5 aromatic rings. The highest BCUT2D eigenvalue weighted by molar-refractivity contribution is 9.10. The maximum Gasteiger partial charge on any atom is 0.258 e. The van der Waals surface area contributed by atoms with Gasteiger partial charge in [-0.05, 0) is 85.3 Å². The summed E-state index contributed by atoms with van der Waals surface area (Å²) in [5.41, 5.74) is 4.77. The van der Waals surface area contributed by atoms with E-state index in [-0.39, 0.29) is 36.9 Å². The smallest absolute Gasteiger partial charge is 0.258 e. The third-order valence-corrected chi connectivity index (χ3v) is 12.1. The molecule has 0 aliphatic heterocycles. The predicted octanol–water partition coefficient (Wildman–Crippen LogP) is 9.05. The fourth-order valence-corrected chi connectivity index (χ4v) is 9.13. The Hall–Kier alpha value is -3.49. The van der Waals surface area contributed by atoms with Gasteiger partial charge in [0.1, 0.15) is 5.75 Å². The molecule has 9 nitrogen and oxygen atoms in total. The first-order valence-electron chi connectivity index (χ1n) is 16.9. The van der Waals surface area contributed by atoms with Crippen molar-refractivity contribution in [2.24, 2.45) is 5.92 Å². The van der Waals surface area contributed by atoms with Crippen LogP contribution in [-0.4, -0.2) is 60.6 Å². The molecule has 2 atom stereocenters. The summed E-state index contributed by atoms with van der Waals surface area (Å²) in [7, 11) is -4.05. The Morgan fingerprint density at radius 1 is 0.962 bits per heavy atom. The third-order valence-electron chi connectivity index (χ3n) is 8.30. The molecule has 0 unspecified atom stereocenters. The van der Waals surface area contributed by atoms with Crippen molar-refractivity contribution in [2.45, 2.75) is 51.2 Å². The van der Waals surface area contributed by atoms with Gasteiger partial charge in [0.2, 0.25) is 10.0 Å². The molecule has 0 spiro atoms. The quantitative estimate of drug-likeness (QED) is 0.0906. The number of benzene rings is 4. The van der Waals surface area contributed by atoms with Crippen molar-refractivity contribution in [2.75, 3.05) is 25.0 Å². The molecule has 14 heteroatoms. The van der Waals surface area contributed by atoms with Gasteiger partial charge in [0.05, 0.1) is 32.8 Å². The standard InChI is InChI=1S/C39H41BrCl2N4O5S2/c1-24(2)20-46(53(49,50)31-13-10-28(11-14-31)35-23-52-39(45-35)43-30-12-15-32(41)33(42)19-30)21-36(47)34(18-27-8-6-5-7-9-27)44-37(48)22-51-38-25(3)16-29(40)17-26(38)4/h5-17,19,23-24,34,36,47H,18,20-22H2,1-4H3,(H,43,45)(H,44,48)/t34-,36+/m0/s1. The van der Waals surface area contributed by atoms with E-state index in [1.807, 2.05) is 75.5 Å². The van der Waals surface area contributed by atoms with Crippen LogP contribution in [0.5, 0.6) is 5.75 Å². The monoisotopic (exact) mass is 858 g/mol. The van der Waals surface area contributed by atoms with Crippen molar-refractivity contribution in [3.05, 3.63) is 122 Å². The summed E-state index contributed by atoms with van der Waals surface area (Å²) in [6.45, 7) is 7.28. The van der Waals surface area contributed by atoms with Gasteiger partial charge in [0.25, 0.3) is 5.91 Å². The number of carbonyl (C=O) groups is 1. The molecule has 1 aromatic heterocycles. The molecule has 280 valence electrons. The van der Waals surface area contributed by atoms with Crippen LogP contribution in [0.25, 0.3) is 11.3 Å². The number of aryl methyl sites for hydroxylation is 2. The Balaban J connectivity index is 1.31. The fourth-order valence-electron chi connectivity index (χ4n) is 5.78. The van der Waals surface area contributed by atoms with E-state index in [0.717, 1.165) is 32.4 Å². The lowest BCUT2D eigenvalue weighted by atomic mass is 10.0. The number of aliphatic hydroxyl groups is 1. The molecule has 0 radical (unpaired) electrons. The topological polar surface area (TPSA) is 121 Å². The molecule has 0 saturated heterocycles. The van der Waals surface area contributed by atoms with Crippen LogP contribution in [0, 0.1) is 19.8 Å². The van der Waals surface area contributed by atoms with Gasteiger partial charge in [-0.2, -0.15) is 4.31 Å². The average molecular weight is 861 g/mol. The van der Waals surface area contributed by atoms with Gasteiger partial charge >= 0.3 is 0 Å². The highest BCUT2D eigenvalue weighted by atomic mass is 79.9. The van der Waals surface area contributed by atoms with Gasteiger partial charge in [0, 0.05) is 34.2 Å². The SMILES string of the molecule is Cc1cc(Br)cc(C)c1OCC(=O)N[C@@H](Cc1ccccc1)[C@H](O)CN(CC(C)C)S(=O)(=O)c1ccc(-c2csc(Nc3ccc(Cl)c(Cl)c3)n2)cc1. The number of halogens is 3. The number of nitrogens with zero attached hydrogens (tertiary/aromatic N) is 2. The number of hydrogen-bond donors (Lipinski definition) is 3. The summed E-state index contributed by atoms with van der Waals surface area (Å²) in [5.74, 6) is 0.137. The lowest BCUT2D eigenvalue weighted by Crippen LogP contribution is -2.52. The van der Waals surface area contributed by atoms with Crippen LogP contribution in [0.15, 0.2) is 99.7 Å². The van der Waals surface area contributed by atoms with E-state index in [2.05, 4.69) is 31.5 Å². The first-order chi connectivity index (χ1) is 25.2. The van der Waals surface area contributed by atoms with Crippen LogP contribution in [0.4, 0.5) is 10.8 Å². The minimum absolute atomic E-state index is 0.0411. The molecule has 0 aliphatic carbocycles. The van der Waals surface area contributed by atoms with Crippen LogP contribution in [0.2, 0.25) is 10.0 Å². The van der Waals surface area contributed by atoms with E-state index in [9.17, 15) is 18.3 Å². The van der Waals surface area contributed by atoms with Gasteiger partial charge in [0.15, 0.2) is 11.7 Å². The Bertz CT molecular complexity index is 2110. The zero-order valence-corrected chi connectivity index (χ0v) is 34.4. The first-order valence-corrected chi connectivity index (χ1v) is 20.8. The van der Waals surface area contributed by atoms with Gasteiger partial charge in [-0.15, -0.1) is 11.3 Å². The van der Waals surface area contributed by atoms with Crippen LogP contribution in [0.3, 0.4) is 0 Å². The van der Waals surface area contributed by atoms with Crippen molar-refractivity contribution in [3.63, 3.8) is 0 Å². The molecule has 1 amide bonds. The number of sulfonamides is 1. The minimum atomic E-state index is -4.05. The maximum atomic E-state index is 14.1. The van der Waals surface area contributed by atoms with Crippen molar-refractivity contribution >= 4 is 77.2 Å². The number of ether oxygens (including phenoxy) is 1. The number of carbonyl (C=O) groups excluding carboxylic acids is 1. The molecular formula is C39H41BrCl2N4O5S2. The number of aliphatic hydroxyl groups excluding tert-OH is 1. The molecule has 0 aliphatic rings. The molecule has 5 rings (SSSR count). The second kappa shape index (κ2) is 18.2. The van der Waals surface area contributed by atoms with Crippen LogP contribution >= 0.6 is 50.5 Å². The molecule has 53 heavy (non-hydrogen) atoms. The zero-order valence-electron chi connectivity index (χ0n) is 29.6. The van der Waals surface area contributed by atoms with Crippen molar-refractivity contribution in [1.29, 1.82) is 0 Å². The first kappa shape index (κ1) is 40.7. The van der Waals surface area contributed by atoms with Gasteiger partial charge in [-0.3, -0.25) is 4.79 Å². The second-order valence-electron chi connectivity index (χ2n) is 13.1. The Kier molecular flexibility index (Phi) is 14.0. The van der Waals surface area contributed by atoms with Crippen molar-refractivity contribution < 1.29 is 23.1 Å².